The molecule has 7 heteroatoms. The molecule has 2 N–H and O–H groups in total. The van der Waals surface area contributed by atoms with Gasteiger partial charge < -0.3 is 9.47 Å². The van der Waals surface area contributed by atoms with Gasteiger partial charge in [-0.1, -0.05) is 50.6 Å². The molecule has 0 radical (unpaired) electrons. The van der Waals surface area contributed by atoms with Gasteiger partial charge in [0.25, 0.3) is 0 Å². The Kier molecular flexibility index (Phi) is 8.69. The predicted octanol–water partition coefficient (Wildman–Crippen LogP) is 8.09. The summed E-state index contributed by atoms with van der Waals surface area (Å²) in [6.07, 6.45) is 7.22. The predicted molar refractivity (Wildman–Crippen MR) is 146 cm³/mol. The summed E-state index contributed by atoms with van der Waals surface area (Å²) in [5.41, 5.74) is 1.29. The molecule has 0 spiro atoms. The van der Waals surface area contributed by atoms with Crippen molar-refractivity contribution < 1.29 is 23.4 Å². The van der Waals surface area contributed by atoms with E-state index >= 15 is 0 Å². The second kappa shape index (κ2) is 11.0. The first kappa shape index (κ1) is 27.7. The fraction of sp³-hybridized carbons (Fsp3) is 0.464. The monoisotopic (exact) mass is 518 g/mol. The van der Waals surface area contributed by atoms with Crippen LogP contribution >= 0.6 is 22.4 Å². The van der Waals surface area contributed by atoms with E-state index in [0.29, 0.717) is 16.4 Å². The normalized spacial score (nSPS) is 22.8. The molecule has 35 heavy (non-hydrogen) atoms. The van der Waals surface area contributed by atoms with Gasteiger partial charge in [-0.25, -0.2) is 4.79 Å². The summed E-state index contributed by atoms with van der Waals surface area (Å²) in [6, 6.07) is 14.1. The summed E-state index contributed by atoms with van der Waals surface area (Å²) in [6.45, 7) is 9.72. The van der Waals surface area contributed by atoms with Crippen molar-refractivity contribution in [2.24, 2.45) is 5.41 Å². The molecular formula is C28H38O5S2. The Balaban J connectivity index is 2.07. The SMILES string of the molecule is CCCC1(C)CC(c2ccccc2)c2cc(SC)c(O/C=C/C(=O)OC(C)(C)C)cc2S(O)(O)C1. The van der Waals surface area contributed by atoms with Gasteiger partial charge in [0.05, 0.1) is 22.1 Å². The number of hydrogen-bond donors (Lipinski definition) is 2. The summed E-state index contributed by atoms with van der Waals surface area (Å²) in [5, 5.41) is 0. The van der Waals surface area contributed by atoms with Crippen molar-refractivity contribution in [1.82, 2.24) is 0 Å². The number of ether oxygens (including phenoxy) is 2. The molecule has 2 aromatic rings. The van der Waals surface area contributed by atoms with Crippen LogP contribution in [0.4, 0.5) is 0 Å². The summed E-state index contributed by atoms with van der Waals surface area (Å²) in [5.74, 6) is 0.341. The fourth-order valence-electron chi connectivity index (χ4n) is 4.85. The zero-order chi connectivity index (χ0) is 25.9. The Morgan fingerprint density at radius 2 is 1.91 bits per heavy atom. The molecule has 3 rings (SSSR count). The van der Waals surface area contributed by atoms with E-state index in [1.807, 2.05) is 30.5 Å². The van der Waals surface area contributed by atoms with Crippen LogP contribution in [0.3, 0.4) is 0 Å². The van der Waals surface area contributed by atoms with Gasteiger partial charge in [-0.15, -0.1) is 11.8 Å². The van der Waals surface area contributed by atoms with Gasteiger partial charge in [0.15, 0.2) is 0 Å². The quantitative estimate of drug-likeness (QED) is 0.167. The van der Waals surface area contributed by atoms with Crippen molar-refractivity contribution in [2.45, 2.75) is 75.2 Å². The standard InChI is InChI=1S/C28H38O5S2/c1-7-14-28(5)18-22(20-11-9-8-10-12-20)21-16-24(34-6)23(17-25(21)35(30,31)19-28)32-15-13-26(29)33-27(2,3)4/h8-13,15-17,22,30-31H,7,14,18-19H2,1-6H3/b15-13+. The van der Waals surface area contributed by atoms with Crippen molar-refractivity contribution in [3.8, 4) is 5.75 Å². The first-order valence-corrected chi connectivity index (χ1v) is 14.9. The van der Waals surface area contributed by atoms with Crippen LogP contribution in [0.5, 0.6) is 5.75 Å². The molecule has 2 unspecified atom stereocenters. The van der Waals surface area contributed by atoms with Gasteiger partial charge >= 0.3 is 5.97 Å². The maximum atomic E-state index is 12.0. The maximum absolute atomic E-state index is 12.0. The van der Waals surface area contributed by atoms with Crippen molar-refractivity contribution in [1.29, 1.82) is 0 Å². The van der Waals surface area contributed by atoms with Crippen LogP contribution < -0.4 is 4.74 Å². The number of thioether (sulfide) groups is 1. The molecule has 1 aliphatic rings. The highest BCUT2D eigenvalue weighted by Gasteiger charge is 2.41. The number of rotatable bonds is 7. The van der Waals surface area contributed by atoms with Gasteiger partial charge in [-0.2, -0.15) is 10.6 Å². The van der Waals surface area contributed by atoms with Crippen molar-refractivity contribution in [3.63, 3.8) is 0 Å². The highest BCUT2D eigenvalue weighted by atomic mass is 32.3. The van der Waals surface area contributed by atoms with E-state index in [2.05, 4.69) is 26.0 Å². The largest absolute Gasteiger partial charge is 0.463 e. The minimum atomic E-state index is -3.07. The Labute approximate surface area is 215 Å². The van der Waals surface area contributed by atoms with E-state index < -0.39 is 22.2 Å². The Morgan fingerprint density at radius 1 is 1.23 bits per heavy atom. The fourth-order valence-corrected chi connectivity index (χ4v) is 7.67. The molecule has 0 aliphatic carbocycles. The van der Waals surface area contributed by atoms with E-state index in [-0.39, 0.29) is 11.3 Å². The molecule has 2 aromatic carbocycles. The van der Waals surface area contributed by atoms with Gasteiger partial charge in [-0.05, 0) is 62.5 Å². The number of carbonyl (C=O) groups excluding carboxylic acids is 1. The smallest absolute Gasteiger partial charge is 0.334 e. The van der Waals surface area contributed by atoms with E-state index in [1.165, 1.54) is 29.7 Å². The third-order valence-electron chi connectivity index (χ3n) is 6.13. The zero-order valence-corrected chi connectivity index (χ0v) is 23.2. The topological polar surface area (TPSA) is 76.0 Å². The lowest BCUT2D eigenvalue weighted by Gasteiger charge is -2.39. The molecule has 1 heterocycles. The van der Waals surface area contributed by atoms with Crippen LogP contribution in [0.15, 0.2) is 64.6 Å². The van der Waals surface area contributed by atoms with Crippen molar-refractivity contribution in [3.05, 3.63) is 65.9 Å². The van der Waals surface area contributed by atoms with Gasteiger partial charge in [0.2, 0.25) is 0 Å². The van der Waals surface area contributed by atoms with Gasteiger partial charge in [-0.3, -0.25) is 9.11 Å². The van der Waals surface area contributed by atoms with E-state index in [9.17, 15) is 13.9 Å². The van der Waals surface area contributed by atoms with Gasteiger partial charge in [0.1, 0.15) is 11.4 Å². The molecule has 2 atom stereocenters. The van der Waals surface area contributed by atoms with Crippen LogP contribution in [0.1, 0.15) is 70.9 Å². The summed E-state index contributed by atoms with van der Waals surface area (Å²) in [4.78, 5) is 13.4. The molecule has 0 fully saturated rings. The molecule has 0 bridgehead atoms. The second-order valence-corrected chi connectivity index (χ2v) is 13.4. The zero-order valence-electron chi connectivity index (χ0n) is 21.5. The van der Waals surface area contributed by atoms with Crippen LogP contribution in [0.2, 0.25) is 0 Å². The maximum Gasteiger partial charge on any atom is 0.334 e. The van der Waals surface area contributed by atoms with Crippen LogP contribution in [0, 0.1) is 5.41 Å². The minimum absolute atomic E-state index is 0.0358. The first-order valence-electron chi connectivity index (χ1n) is 12.0. The first-order chi connectivity index (χ1) is 16.4. The lowest BCUT2D eigenvalue weighted by atomic mass is 9.74. The van der Waals surface area contributed by atoms with Crippen LogP contribution in [-0.2, 0) is 9.53 Å². The van der Waals surface area contributed by atoms with E-state index in [1.54, 1.807) is 26.8 Å². The average molecular weight is 519 g/mol. The van der Waals surface area contributed by atoms with E-state index in [0.717, 1.165) is 29.7 Å². The summed E-state index contributed by atoms with van der Waals surface area (Å²) in [7, 11) is -3.07. The third-order valence-corrected chi connectivity index (χ3v) is 9.05. The third kappa shape index (κ3) is 7.06. The van der Waals surface area contributed by atoms with Crippen molar-refractivity contribution >= 4 is 28.3 Å². The van der Waals surface area contributed by atoms with Crippen LogP contribution in [-0.4, -0.2) is 32.7 Å². The molecule has 1 aliphatic heterocycles. The number of carbonyl (C=O) groups is 1. The summed E-state index contributed by atoms with van der Waals surface area (Å²) >= 11 is 1.52. The highest BCUT2D eigenvalue weighted by Crippen LogP contribution is 2.62. The average Bonchev–Trinajstić information content (AvgIpc) is 2.84. The Bertz CT molecular complexity index is 1060. The van der Waals surface area contributed by atoms with Crippen molar-refractivity contribution in [2.75, 3.05) is 12.0 Å². The minimum Gasteiger partial charge on any atom is -0.463 e. The van der Waals surface area contributed by atoms with Crippen LogP contribution in [0.25, 0.3) is 0 Å². The second-order valence-electron chi connectivity index (χ2n) is 10.5. The summed E-state index contributed by atoms with van der Waals surface area (Å²) < 4.78 is 34.0. The number of hydrogen-bond acceptors (Lipinski definition) is 6. The Hall–Kier alpha value is -1.93. The lowest BCUT2D eigenvalue weighted by molar-refractivity contribution is -0.148. The van der Waals surface area contributed by atoms with Gasteiger partial charge in [0, 0.05) is 17.7 Å². The molecule has 0 amide bonds. The number of benzene rings is 2. The lowest BCUT2D eigenvalue weighted by Crippen LogP contribution is -2.25. The molecule has 0 aromatic heterocycles. The molecular weight excluding hydrogens is 480 g/mol. The number of fused-ring (bicyclic) bond motifs is 1. The Morgan fingerprint density at radius 3 is 2.51 bits per heavy atom. The van der Waals surface area contributed by atoms with E-state index in [4.69, 9.17) is 9.47 Å². The molecule has 0 saturated heterocycles. The molecule has 5 nitrogen and oxygen atoms in total. The highest BCUT2D eigenvalue weighted by molar-refractivity contribution is 8.24. The number of esters is 1. The molecule has 0 saturated carbocycles. The molecule has 192 valence electrons.